The van der Waals surface area contributed by atoms with E-state index in [1.54, 1.807) is 0 Å². The van der Waals surface area contributed by atoms with E-state index in [1.807, 2.05) is 0 Å². The van der Waals surface area contributed by atoms with Gasteiger partial charge in [-0.3, -0.25) is 15.0 Å². The second kappa shape index (κ2) is 6.14. The zero-order valence-corrected chi connectivity index (χ0v) is 11.9. The van der Waals surface area contributed by atoms with Gasteiger partial charge in [-0.25, -0.2) is 4.79 Å². The lowest BCUT2D eigenvalue weighted by atomic mass is 10.3. The minimum absolute atomic E-state index is 0.200. The average molecular weight is 308 g/mol. The van der Waals surface area contributed by atoms with Crippen LogP contribution >= 0.6 is 0 Å². The van der Waals surface area contributed by atoms with E-state index in [2.05, 4.69) is 10.0 Å². The van der Waals surface area contributed by atoms with E-state index in [9.17, 15) is 14.9 Å². The van der Waals surface area contributed by atoms with Crippen LogP contribution in [0.25, 0.3) is 0 Å². The average Bonchev–Trinajstić information content (AvgIpc) is 3.18. The Kier molecular flexibility index (Phi) is 4.05. The van der Waals surface area contributed by atoms with Gasteiger partial charge in [-0.15, -0.1) is 0 Å². The SMILES string of the molecule is O=C1O[C@@H](CN2CCCC2)CN1/N=C/c1ccc([N+](=O)[O-])o1. The fourth-order valence-electron chi connectivity index (χ4n) is 2.59. The molecule has 1 aromatic heterocycles. The molecule has 1 aromatic rings. The van der Waals surface area contributed by atoms with Gasteiger partial charge in [0.15, 0.2) is 5.76 Å². The highest BCUT2D eigenvalue weighted by Gasteiger charge is 2.32. The fraction of sp³-hybridized carbons (Fsp3) is 0.538. The minimum atomic E-state index is -0.631. The molecular formula is C13H16N4O5. The summed E-state index contributed by atoms with van der Waals surface area (Å²) in [6.07, 6.45) is 2.92. The van der Waals surface area contributed by atoms with Crippen LogP contribution in [0.3, 0.4) is 0 Å². The van der Waals surface area contributed by atoms with Crippen molar-refractivity contribution >= 4 is 18.2 Å². The smallest absolute Gasteiger partial charge is 0.433 e. The third-order valence-corrected chi connectivity index (χ3v) is 3.63. The van der Waals surface area contributed by atoms with Crippen LogP contribution in [0.4, 0.5) is 10.7 Å². The van der Waals surface area contributed by atoms with E-state index in [0.717, 1.165) is 13.1 Å². The number of carbonyl (C=O) groups excluding carboxylic acids is 1. The van der Waals surface area contributed by atoms with Crippen molar-refractivity contribution in [2.24, 2.45) is 5.10 Å². The number of nitrogens with zero attached hydrogens (tertiary/aromatic N) is 4. The van der Waals surface area contributed by atoms with Crippen molar-refractivity contribution in [1.82, 2.24) is 9.91 Å². The van der Waals surface area contributed by atoms with Gasteiger partial charge in [-0.1, -0.05) is 0 Å². The molecule has 0 unspecified atom stereocenters. The van der Waals surface area contributed by atoms with Crippen molar-refractivity contribution in [3.8, 4) is 0 Å². The van der Waals surface area contributed by atoms with Gasteiger partial charge < -0.3 is 9.15 Å². The number of likely N-dealkylation sites (tertiary alicyclic amines) is 1. The first kappa shape index (κ1) is 14.5. The van der Waals surface area contributed by atoms with Gasteiger partial charge in [0.25, 0.3) is 0 Å². The molecule has 1 amide bonds. The maximum atomic E-state index is 11.7. The molecule has 2 fully saturated rings. The van der Waals surface area contributed by atoms with Crippen molar-refractivity contribution in [3.63, 3.8) is 0 Å². The number of ether oxygens (including phenoxy) is 1. The van der Waals surface area contributed by atoms with Crippen LogP contribution in [0, 0.1) is 10.1 Å². The van der Waals surface area contributed by atoms with E-state index in [4.69, 9.17) is 9.15 Å². The van der Waals surface area contributed by atoms with E-state index in [1.165, 1.54) is 36.2 Å². The Morgan fingerprint density at radius 1 is 1.41 bits per heavy atom. The predicted molar refractivity (Wildman–Crippen MR) is 75.6 cm³/mol. The minimum Gasteiger partial charge on any atom is -0.441 e. The molecule has 0 aromatic carbocycles. The number of amides is 1. The molecule has 3 rings (SSSR count). The Bertz CT molecular complexity index is 593. The summed E-state index contributed by atoms with van der Waals surface area (Å²) in [5.41, 5.74) is 0. The molecule has 0 bridgehead atoms. The van der Waals surface area contributed by atoms with Crippen LogP contribution in [-0.2, 0) is 4.74 Å². The molecule has 22 heavy (non-hydrogen) atoms. The van der Waals surface area contributed by atoms with Crippen molar-refractivity contribution < 1.29 is 18.9 Å². The summed E-state index contributed by atoms with van der Waals surface area (Å²) in [5.74, 6) is -0.153. The standard InChI is InChI=1S/C13H16N4O5/c18-13-16(9-11(22-13)8-15-5-1-2-6-15)14-7-10-3-4-12(21-10)17(19)20/h3-4,7,11H,1-2,5-6,8-9H2/b14-7+/t11-/m0/s1. The number of hydrogen-bond acceptors (Lipinski definition) is 7. The largest absolute Gasteiger partial charge is 0.441 e. The molecule has 0 spiro atoms. The quantitative estimate of drug-likeness (QED) is 0.463. The van der Waals surface area contributed by atoms with Gasteiger partial charge in [0.05, 0.1) is 18.8 Å². The van der Waals surface area contributed by atoms with Gasteiger partial charge in [0.1, 0.15) is 11.0 Å². The summed E-state index contributed by atoms with van der Waals surface area (Å²) in [7, 11) is 0. The van der Waals surface area contributed by atoms with Crippen LogP contribution in [0.15, 0.2) is 21.7 Å². The summed E-state index contributed by atoms with van der Waals surface area (Å²) in [4.78, 5) is 23.9. The summed E-state index contributed by atoms with van der Waals surface area (Å²) in [6.45, 7) is 3.15. The van der Waals surface area contributed by atoms with Gasteiger partial charge in [0.2, 0.25) is 0 Å². The maximum Gasteiger partial charge on any atom is 0.433 e. The number of nitro groups is 1. The molecule has 3 heterocycles. The highest BCUT2D eigenvalue weighted by molar-refractivity contribution is 5.78. The number of hydrazone groups is 1. The van der Waals surface area contributed by atoms with Crippen molar-refractivity contribution in [3.05, 3.63) is 28.0 Å². The number of carbonyl (C=O) groups is 1. The summed E-state index contributed by atoms with van der Waals surface area (Å²) in [5, 5.41) is 15.7. The van der Waals surface area contributed by atoms with Crippen molar-refractivity contribution in [2.75, 3.05) is 26.2 Å². The van der Waals surface area contributed by atoms with Crippen LogP contribution in [0.5, 0.6) is 0 Å². The van der Waals surface area contributed by atoms with Crippen LogP contribution in [0.2, 0.25) is 0 Å². The van der Waals surface area contributed by atoms with Crippen LogP contribution in [-0.4, -0.2) is 59.4 Å². The lowest BCUT2D eigenvalue weighted by Crippen LogP contribution is -2.32. The monoisotopic (exact) mass is 308 g/mol. The first-order chi connectivity index (χ1) is 10.6. The number of cyclic esters (lactones) is 1. The van der Waals surface area contributed by atoms with E-state index < -0.39 is 11.0 Å². The summed E-state index contributed by atoms with van der Waals surface area (Å²) in [6, 6.07) is 2.66. The Hall–Kier alpha value is -2.42. The lowest BCUT2D eigenvalue weighted by molar-refractivity contribution is -0.402. The fourth-order valence-corrected chi connectivity index (χ4v) is 2.59. The third kappa shape index (κ3) is 3.25. The molecule has 9 nitrogen and oxygen atoms in total. The van der Waals surface area contributed by atoms with Crippen molar-refractivity contribution in [2.45, 2.75) is 18.9 Å². The number of furan rings is 1. The lowest BCUT2D eigenvalue weighted by Gasteiger charge is -2.17. The topological polar surface area (TPSA) is 101 Å². The van der Waals surface area contributed by atoms with Gasteiger partial charge in [0, 0.05) is 6.54 Å². The molecule has 118 valence electrons. The Morgan fingerprint density at radius 2 is 2.18 bits per heavy atom. The maximum absolute atomic E-state index is 11.7. The third-order valence-electron chi connectivity index (χ3n) is 3.63. The summed E-state index contributed by atoms with van der Waals surface area (Å²) < 4.78 is 10.2. The zero-order chi connectivity index (χ0) is 15.5. The number of rotatable bonds is 5. The number of hydrogen-bond donors (Lipinski definition) is 0. The van der Waals surface area contributed by atoms with Gasteiger partial charge in [-0.05, 0) is 32.0 Å². The second-order valence-corrected chi connectivity index (χ2v) is 5.27. The highest BCUT2D eigenvalue weighted by Crippen LogP contribution is 2.17. The van der Waals surface area contributed by atoms with E-state index >= 15 is 0 Å². The molecule has 9 heteroatoms. The van der Waals surface area contributed by atoms with Crippen LogP contribution in [0.1, 0.15) is 18.6 Å². The molecule has 2 aliphatic heterocycles. The first-order valence-corrected chi connectivity index (χ1v) is 7.10. The van der Waals surface area contributed by atoms with Gasteiger partial charge >= 0.3 is 12.0 Å². The first-order valence-electron chi connectivity index (χ1n) is 7.10. The van der Waals surface area contributed by atoms with Gasteiger partial charge in [-0.2, -0.15) is 10.1 Å². The molecular weight excluding hydrogens is 292 g/mol. The normalized spacial score (nSPS) is 22.6. The van der Waals surface area contributed by atoms with E-state index in [-0.39, 0.29) is 17.7 Å². The highest BCUT2D eigenvalue weighted by atomic mass is 16.6. The zero-order valence-electron chi connectivity index (χ0n) is 11.9. The van der Waals surface area contributed by atoms with Crippen molar-refractivity contribution in [1.29, 1.82) is 0 Å². The Labute approximate surface area is 126 Å². The summed E-state index contributed by atoms with van der Waals surface area (Å²) >= 11 is 0. The Balaban J connectivity index is 1.56. The predicted octanol–water partition coefficient (Wildman–Crippen LogP) is 1.44. The van der Waals surface area contributed by atoms with Crippen LogP contribution < -0.4 is 0 Å². The Morgan fingerprint density at radius 3 is 2.86 bits per heavy atom. The molecule has 0 saturated carbocycles. The molecule has 1 atom stereocenters. The second-order valence-electron chi connectivity index (χ2n) is 5.27. The molecule has 2 saturated heterocycles. The molecule has 2 aliphatic rings. The van der Waals surface area contributed by atoms with E-state index in [0.29, 0.717) is 13.1 Å². The molecule has 0 aliphatic carbocycles. The molecule has 0 N–H and O–H groups in total. The molecule has 0 radical (unpaired) electrons.